The lowest BCUT2D eigenvalue weighted by Gasteiger charge is -2.17. The van der Waals surface area contributed by atoms with E-state index in [0.29, 0.717) is 6.04 Å². The molecule has 0 aliphatic carbocycles. The highest BCUT2D eigenvalue weighted by Crippen LogP contribution is 2.17. The number of allylic oxidation sites excluding steroid dienone is 1. The van der Waals surface area contributed by atoms with Crippen LogP contribution in [-0.4, -0.2) is 28.7 Å². The van der Waals surface area contributed by atoms with Crippen LogP contribution in [0, 0.1) is 0 Å². The van der Waals surface area contributed by atoms with E-state index in [1.54, 1.807) is 0 Å². The van der Waals surface area contributed by atoms with Crippen molar-refractivity contribution >= 4 is 5.95 Å². The fourth-order valence-corrected chi connectivity index (χ4v) is 1.84. The number of rotatable bonds is 3. The van der Waals surface area contributed by atoms with Crippen LogP contribution in [0.2, 0.25) is 0 Å². The molecular weight excluding hydrogens is 176 g/mol. The molecule has 0 radical (unpaired) electrons. The molecule has 2 heterocycles. The van der Waals surface area contributed by atoms with Gasteiger partial charge in [-0.05, 0) is 6.42 Å². The van der Waals surface area contributed by atoms with E-state index >= 15 is 0 Å². The van der Waals surface area contributed by atoms with Gasteiger partial charge in [-0.25, -0.2) is 4.98 Å². The summed E-state index contributed by atoms with van der Waals surface area (Å²) in [7, 11) is 0. The van der Waals surface area contributed by atoms with E-state index in [1.165, 1.54) is 0 Å². The largest absolute Gasteiger partial charge is 0.341 e. The number of imidazole rings is 1. The topological polar surface area (TPSA) is 47.1 Å². The minimum absolute atomic E-state index is 0.295. The summed E-state index contributed by atoms with van der Waals surface area (Å²) in [5.41, 5.74) is 5.86. The second kappa shape index (κ2) is 3.84. The molecule has 14 heavy (non-hydrogen) atoms. The molecule has 4 nitrogen and oxygen atoms in total. The molecular formula is C10H16N4. The zero-order chi connectivity index (χ0) is 9.97. The molecule has 1 aliphatic heterocycles. The van der Waals surface area contributed by atoms with Crippen LogP contribution in [0.4, 0.5) is 5.95 Å². The van der Waals surface area contributed by atoms with Crippen LogP contribution in [0.3, 0.4) is 0 Å². The molecule has 0 spiro atoms. The minimum atomic E-state index is 0.295. The maximum Gasteiger partial charge on any atom is 0.205 e. The first-order valence-corrected chi connectivity index (χ1v) is 4.94. The normalized spacial score (nSPS) is 21.5. The van der Waals surface area contributed by atoms with E-state index in [4.69, 9.17) is 5.73 Å². The summed E-state index contributed by atoms with van der Waals surface area (Å²) >= 11 is 0. The van der Waals surface area contributed by atoms with Crippen LogP contribution in [-0.2, 0) is 6.54 Å². The molecule has 1 aliphatic rings. The lowest BCUT2D eigenvalue weighted by molar-refractivity contribution is 0.739. The number of aromatic nitrogens is 2. The van der Waals surface area contributed by atoms with Crippen LogP contribution in [0.5, 0.6) is 0 Å². The molecule has 1 atom stereocenters. The molecule has 2 N–H and O–H groups in total. The van der Waals surface area contributed by atoms with Gasteiger partial charge in [0, 0.05) is 38.1 Å². The standard InChI is InChI=1S/C10H16N4/c1-2-5-13-7-4-12-10(13)14-6-3-9(11)8-14/h2,4,7,9H,1,3,5-6,8,11H2. The number of hydrogen-bond acceptors (Lipinski definition) is 3. The van der Waals surface area contributed by atoms with Crippen molar-refractivity contribution in [2.24, 2.45) is 5.73 Å². The highest BCUT2D eigenvalue weighted by Gasteiger charge is 2.21. The fourth-order valence-electron chi connectivity index (χ4n) is 1.84. The first-order valence-electron chi connectivity index (χ1n) is 4.94. The number of hydrogen-bond donors (Lipinski definition) is 1. The highest BCUT2D eigenvalue weighted by molar-refractivity contribution is 5.33. The third-order valence-electron chi connectivity index (χ3n) is 2.53. The fraction of sp³-hybridized carbons (Fsp3) is 0.500. The molecule has 0 amide bonds. The van der Waals surface area contributed by atoms with E-state index in [9.17, 15) is 0 Å². The number of nitrogens with two attached hydrogens (primary N) is 1. The lowest BCUT2D eigenvalue weighted by Crippen LogP contribution is -2.28. The van der Waals surface area contributed by atoms with E-state index in [2.05, 4.69) is 21.0 Å². The maximum atomic E-state index is 5.86. The molecule has 1 fully saturated rings. The molecule has 1 aromatic heterocycles. The zero-order valence-electron chi connectivity index (χ0n) is 8.26. The van der Waals surface area contributed by atoms with Gasteiger partial charge in [0.1, 0.15) is 0 Å². The van der Waals surface area contributed by atoms with Crippen molar-refractivity contribution in [3.63, 3.8) is 0 Å². The Balaban J connectivity index is 2.14. The van der Waals surface area contributed by atoms with E-state index < -0.39 is 0 Å². The Bertz CT molecular complexity index is 318. The Kier molecular flexibility index (Phi) is 2.54. The van der Waals surface area contributed by atoms with Gasteiger partial charge in [-0.3, -0.25) is 0 Å². The van der Waals surface area contributed by atoms with Gasteiger partial charge < -0.3 is 15.2 Å². The van der Waals surface area contributed by atoms with Crippen molar-refractivity contribution in [3.8, 4) is 0 Å². The molecule has 0 saturated carbocycles. The van der Waals surface area contributed by atoms with Gasteiger partial charge in [0.15, 0.2) is 0 Å². The molecule has 0 bridgehead atoms. The van der Waals surface area contributed by atoms with Gasteiger partial charge in [-0.2, -0.15) is 0 Å². The van der Waals surface area contributed by atoms with Gasteiger partial charge >= 0.3 is 0 Å². The maximum absolute atomic E-state index is 5.86. The summed E-state index contributed by atoms with van der Waals surface area (Å²) in [5, 5.41) is 0. The minimum Gasteiger partial charge on any atom is -0.341 e. The van der Waals surface area contributed by atoms with Crippen molar-refractivity contribution in [1.82, 2.24) is 9.55 Å². The van der Waals surface area contributed by atoms with Crippen LogP contribution in [0.15, 0.2) is 25.0 Å². The average Bonchev–Trinajstić information content (AvgIpc) is 2.74. The quantitative estimate of drug-likeness (QED) is 0.714. The lowest BCUT2D eigenvalue weighted by atomic mass is 10.3. The summed E-state index contributed by atoms with van der Waals surface area (Å²) in [6.45, 7) is 6.45. The van der Waals surface area contributed by atoms with Crippen LogP contribution in [0.25, 0.3) is 0 Å². The van der Waals surface area contributed by atoms with Crippen molar-refractivity contribution in [1.29, 1.82) is 0 Å². The average molecular weight is 192 g/mol. The Morgan fingerprint density at radius 3 is 3.21 bits per heavy atom. The monoisotopic (exact) mass is 192 g/mol. The van der Waals surface area contributed by atoms with E-state index in [0.717, 1.165) is 32.0 Å². The van der Waals surface area contributed by atoms with Crippen LogP contribution in [0.1, 0.15) is 6.42 Å². The van der Waals surface area contributed by atoms with Gasteiger partial charge in [0.05, 0.1) is 0 Å². The second-order valence-electron chi connectivity index (χ2n) is 3.66. The third kappa shape index (κ3) is 1.65. The Morgan fingerprint density at radius 1 is 1.71 bits per heavy atom. The molecule has 1 unspecified atom stereocenters. The van der Waals surface area contributed by atoms with E-state index in [-0.39, 0.29) is 0 Å². The molecule has 1 saturated heterocycles. The second-order valence-corrected chi connectivity index (χ2v) is 3.66. The summed E-state index contributed by atoms with van der Waals surface area (Å²) in [6, 6.07) is 0.295. The van der Waals surface area contributed by atoms with Crippen molar-refractivity contribution in [2.45, 2.75) is 19.0 Å². The van der Waals surface area contributed by atoms with Crippen LogP contribution < -0.4 is 10.6 Å². The first kappa shape index (κ1) is 9.27. The molecule has 4 heteroatoms. The molecule has 76 valence electrons. The Hall–Kier alpha value is -1.29. The predicted molar refractivity (Wildman–Crippen MR) is 57.2 cm³/mol. The van der Waals surface area contributed by atoms with E-state index in [1.807, 2.05) is 18.5 Å². The predicted octanol–water partition coefficient (Wildman–Crippen LogP) is 0.606. The number of nitrogens with zero attached hydrogens (tertiary/aromatic N) is 3. The number of anilines is 1. The third-order valence-corrected chi connectivity index (χ3v) is 2.53. The first-order chi connectivity index (χ1) is 6.81. The van der Waals surface area contributed by atoms with Gasteiger partial charge in [0.2, 0.25) is 5.95 Å². The van der Waals surface area contributed by atoms with Gasteiger partial charge in [0.25, 0.3) is 0 Å². The molecule has 0 aromatic carbocycles. The molecule has 2 rings (SSSR count). The summed E-state index contributed by atoms with van der Waals surface area (Å²) in [5.74, 6) is 1.01. The SMILES string of the molecule is C=CCn1ccnc1N1CCC(N)C1. The van der Waals surface area contributed by atoms with Crippen molar-refractivity contribution < 1.29 is 0 Å². The molecule has 1 aromatic rings. The van der Waals surface area contributed by atoms with Crippen molar-refractivity contribution in [3.05, 3.63) is 25.0 Å². The Labute approximate surface area is 84.0 Å². The highest BCUT2D eigenvalue weighted by atomic mass is 15.3. The smallest absolute Gasteiger partial charge is 0.205 e. The zero-order valence-corrected chi connectivity index (χ0v) is 8.26. The van der Waals surface area contributed by atoms with Gasteiger partial charge in [-0.15, -0.1) is 6.58 Å². The van der Waals surface area contributed by atoms with Crippen LogP contribution >= 0.6 is 0 Å². The summed E-state index contributed by atoms with van der Waals surface area (Å²) < 4.78 is 2.09. The van der Waals surface area contributed by atoms with Crippen molar-refractivity contribution in [2.75, 3.05) is 18.0 Å². The summed E-state index contributed by atoms with van der Waals surface area (Å²) in [4.78, 5) is 6.57. The summed E-state index contributed by atoms with van der Waals surface area (Å²) in [6.07, 6.45) is 6.73. The van der Waals surface area contributed by atoms with Gasteiger partial charge in [-0.1, -0.05) is 6.08 Å². The Morgan fingerprint density at radius 2 is 2.57 bits per heavy atom.